The van der Waals surface area contributed by atoms with Crippen LogP contribution in [0.2, 0.25) is 0 Å². The minimum Gasteiger partial charge on any atom is -0.161 e. The van der Waals surface area contributed by atoms with Crippen molar-refractivity contribution in [1.82, 2.24) is 0 Å². The zero-order chi connectivity index (χ0) is 35.9. The van der Waals surface area contributed by atoms with Crippen LogP contribution in [0, 0.1) is 0 Å². The van der Waals surface area contributed by atoms with Gasteiger partial charge in [-0.2, -0.15) is 12.1 Å². The molecule has 4 unspecified atom stereocenters. The topological polar surface area (TPSA) is 0 Å². The largest absolute Gasteiger partial charge is 2.00 e. The van der Waals surface area contributed by atoms with Gasteiger partial charge in [-0.15, -0.1) is 80.7 Å². The van der Waals surface area contributed by atoms with Gasteiger partial charge < -0.3 is 0 Å². The minimum atomic E-state index is -0.0252. The van der Waals surface area contributed by atoms with Crippen molar-refractivity contribution in [2.75, 3.05) is 0 Å². The summed E-state index contributed by atoms with van der Waals surface area (Å²) in [6.07, 6.45) is 7.42. The molecular weight excluding hydrogens is 686 g/mol. The predicted octanol–water partition coefficient (Wildman–Crippen LogP) is 14.0. The maximum atomic E-state index is 2.43. The van der Waals surface area contributed by atoms with Gasteiger partial charge in [0.05, 0.1) is 0 Å². The van der Waals surface area contributed by atoms with E-state index in [9.17, 15) is 0 Å². The average Bonchev–Trinajstić information content (AvgIpc) is 3.79. The Bertz CT molecular complexity index is 1570. The number of rotatable bonds is 13. The molecule has 0 bridgehead atoms. The van der Waals surface area contributed by atoms with E-state index >= 15 is 0 Å². The minimum absolute atomic E-state index is 0. The van der Waals surface area contributed by atoms with Gasteiger partial charge in [-0.1, -0.05) is 144 Å². The van der Waals surface area contributed by atoms with Crippen LogP contribution in [-0.2, 0) is 34.6 Å². The second-order valence-corrected chi connectivity index (χ2v) is 20.2. The van der Waals surface area contributed by atoms with Crippen LogP contribution in [0.15, 0.2) is 133 Å². The van der Waals surface area contributed by atoms with Crippen LogP contribution in [-0.4, -0.2) is 22.6 Å². The Morgan fingerprint density at radius 1 is 0.431 bits per heavy atom. The summed E-state index contributed by atoms with van der Waals surface area (Å²) in [6.45, 7) is 19.0. The van der Waals surface area contributed by atoms with E-state index in [0.29, 0.717) is 0 Å². The molecule has 0 heterocycles. The molecule has 0 aliphatic rings. The van der Waals surface area contributed by atoms with Gasteiger partial charge in [0.25, 0.3) is 0 Å². The molecule has 0 aliphatic heterocycles. The monoisotopic (exact) mass is 748 g/mol. The molecule has 0 nitrogen and oxygen atoms in total. The van der Waals surface area contributed by atoms with Crippen molar-refractivity contribution < 1.29 is 21.7 Å². The SMILES string of the molecule is CCC(C)P(c1cc2ccccc2[cH-]1)C(C)CC.CCC(C)P(c1cc2ccccc2[cH-]1)C(C)CC.[Ti+2].c1ccc(CCc2ccccc2)cc1. The summed E-state index contributed by atoms with van der Waals surface area (Å²) in [5.41, 5.74) is 6.13. The first kappa shape index (κ1) is 43.1. The molecule has 6 aromatic rings. The van der Waals surface area contributed by atoms with Gasteiger partial charge in [0.1, 0.15) is 0 Å². The average molecular weight is 749 g/mol. The second-order valence-electron chi connectivity index (χ2n) is 14.0. The smallest absolute Gasteiger partial charge is 0.161 e. The Kier molecular flexibility index (Phi) is 19.2. The number of hydrogen-bond acceptors (Lipinski definition) is 0. The van der Waals surface area contributed by atoms with Crippen LogP contribution in [0.5, 0.6) is 0 Å². The molecule has 51 heavy (non-hydrogen) atoms. The molecule has 0 spiro atoms. The Hall–Kier alpha value is -2.33. The van der Waals surface area contributed by atoms with Crippen molar-refractivity contribution in [2.45, 2.75) is 117 Å². The molecule has 3 heteroatoms. The molecule has 6 aromatic carbocycles. The third kappa shape index (κ3) is 12.6. The van der Waals surface area contributed by atoms with Crippen LogP contribution >= 0.6 is 15.8 Å². The summed E-state index contributed by atoms with van der Waals surface area (Å²) in [7, 11) is -0.0504. The van der Waals surface area contributed by atoms with E-state index in [1.807, 2.05) is 0 Å². The van der Waals surface area contributed by atoms with Gasteiger partial charge in [-0.25, -0.2) is 0 Å². The Morgan fingerprint density at radius 3 is 1.02 bits per heavy atom. The summed E-state index contributed by atoms with van der Waals surface area (Å²) >= 11 is 0. The van der Waals surface area contributed by atoms with Gasteiger partial charge >= 0.3 is 21.7 Å². The van der Waals surface area contributed by atoms with Crippen molar-refractivity contribution in [3.05, 3.63) is 145 Å². The molecule has 0 amide bonds. The van der Waals surface area contributed by atoms with E-state index in [2.05, 4.69) is 189 Å². The van der Waals surface area contributed by atoms with Gasteiger partial charge in [-0.05, 0) is 72.3 Å². The quantitative estimate of drug-likeness (QED) is 0.0627. The summed E-state index contributed by atoms with van der Waals surface area (Å²) in [5.74, 6) is 0. The molecule has 0 N–H and O–H groups in total. The molecule has 0 aliphatic carbocycles. The zero-order valence-electron chi connectivity index (χ0n) is 32.6. The van der Waals surface area contributed by atoms with E-state index in [1.54, 1.807) is 10.6 Å². The molecule has 0 saturated carbocycles. The third-order valence-corrected chi connectivity index (χ3v) is 17.4. The fraction of sp³-hybridized carbons (Fsp3) is 0.375. The van der Waals surface area contributed by atoms with E-state index in [4.69, 9.17) is 0 Å². The Morgan fingerprint density at radius 2 is 0.725 bits per heavy atom. The van der Waals surface area contributed by atoms with Gasteiger partial charge in [0.2, 0.25) is 0 Å². The molecule has 4 atom stereocenters. The summed E-state index contributed by atoms with van der Waals surface area (Å²) in [6, 6.07) is 48.5. The maximum Gasteiger partial charge on any atom is 2.00 e. The fourth-order valence-electron chi connectivity index (χ4n) is 6.82. The molecule has 0 radical (unpaired) electrons. The van der Waals surface area contributed by atoms with Crippen molar-refractivity contribution in [1.29, 1.82) is 0 Å². The molecule has 0 fully saturated rings. The molecular formula is C48H62P2Ti. The molecule has 6 rings (SSSR count). The van der Waals surface area contributed by atoms with Crippen LogP contribution in [0.3, 0.4) is 0 Å². The van der Waals surface area contributed by atoms with Gasteiger partial charge in [-0.3, -0.25) is 0 Å². The normalized spacial score (nSPS) is 14.5. The molecule has 268 valence electrons. The van der Waals surface area contributed by atoms with Gasteiger partial charge in [0, 0.05) is 0 Å². The van der Waals surface area contributed by atoms with Crippen molar-refractivity contribution >= 4 is 48.0 Å². The number of fused-ring (bicyclic) bond motifs is 2. The standard InChI is InChI=1S/2C17H24P.C14H14.Ti/c2*1-5-13(3)18(14(4)6-2)17-11-15-9-7-8-10-16(15)12-17;1-3-7-13(8-4-1)11-12-14-9-5-2-6-10-14;/h2*7-14H,5-6H2,1-4H3;1-10H,11-12H2;/q2*-1;;+2. The zero-order valence-corrected chi connectivity index (χ0v) is 36.0. The first-order valence-corrected chi connectivity index (χ1v) is 22.2. The number of hydrogen-bond donors (Lipinski definition) is 0. The molecule has 0 aromatic heterocycles. The van der Waals surface area contributed by atoms with Crippen LogP contribution in [0.25, 0.3) is 21.5 Å². The molecule has 0 saturated heterocycles. The van der Waals surface area contributed by atoms with Crippen molar-refractivity contribution in [3.8, 4) is 0 Å². The third-order valence-electron chi connectivity index (χ3n) is 10.5. The van der Waals surface area contributed by atoms with E-state index in [1.165, 1.54) is 58.4 Å². The summed E-state index contributed by atoms with van der Waals surface area (Å²) < 4.78 is 0. The summed E-state index contributed by atoms with van der Waals surface area (Å²) in [4.78, 5) is 0. The summed E-state index contributed by atoms with van der Waals surface area (Å²) in [5, 5.41) is 8.85. The van der Waals surface area contributed by atoms with Gasteiger partial charge in [0.15, 0.2) is 0 Å². The van der Waals surface area contributed by atoms with E-state index in [0.717, 1.165) is 35.5 Å². The van der Waals surface area contributed by atoms with Crippen LogP contribution in [0.4, 0.5) is 0 Å². The predicted molar refractivity (Wildman–Crippen MR) is 231 cm³/mol. The van der Waals surface area contributed by atoms with Crippen molar-refractivity contribution in [3.63, 3.8) is 0 Å². The van der Waals surface area contributed by atoms with Crippen LogP contribution < -0.4 is 10.6 Å². The Labute approximate surface area is 329 Å². The van der Waals surface area contributed by atoms with E-state index in [-0.39, 0.29) is 37.6 Å². The maximum absolute atomic E-state index is 2.43. The first-order valence-electron chi connectivity index (χ1n) is 19.2. The van der Waals surface area contributed by atoms with Crippen molar-refractivity contribution in [2.24, 2.45) is 0 Å². The van der Waals surface area contributed by atoms with E-state index < -0.39 is 0 Å². The number of benzene rings is 4. The first-order chi connectivity index (χ1) is 24.3. The second kappa shape index (κ2) is 22.7. The number of aryl methyl sites for hydroxylation is 2. The Balaban J connectivity index is 0.000000206. The fourth-order valence-corrected chi connectivity index (χ4v) is 13.3. The van der Waals surface area contributed by atoms with Crippen LogP contribution in [0.1, 0.15) is 92.2 Å².